The normalized spacial score (nSPS) is 49.2. The van der Waals surface area contributed by atoms with Crippen LogP contribution in [-0.4, -0.2) is 52.4 Å². The summed E-state index contributed by atoms with van der Waals surface area (Å²) < 4.78 is 5.15. The zero-order valence-corrected chi connectivity index (χ0v) is 6.92. The summed E-state index contributed by atoms with van der Waals surface area (Å²) in [5.41, 5.74) is 5.29. The van der Waals surface area contributed by atoms with E-state index < -0.39 is 30.5 Å². The number of aliphatic hydroxyl groups is 3. The molecular weight excluding hydrogens is 162 g/mol. The molecule has 0 aromatic heterocycles. The lowest BCUT2D eigenvalue weighted by Gasteiger charge is -2.38. The molecule has 5 heteroatoms. The highest BCUT2D eigenvalue weighted by molar-refractivity contribution is 4.90. The zero-order chi connectivity index (χ0) is 9.30. The van der Waals surface area contributed by atoms with Crippen molar-refractivity contribution >= 4 is 0 Å². The minimum absolute atomic E-state index is 0.134. The fourth-order valence-electron chi connectivity index (χ4n) is 1.33. The highest BCUT2D eigenvalue weighted by Gasteiger charge is 2.40. The number of aliphatic hydroxyl groups excluding tert-OH is 3. The molecule has 72 valence electrons. The second-order valence-corrected chi connectivity index (χ2v) is 3.09. The molecule has 0 aromatic carbocycles. The monoisotopic (exact) mass is 177 g/mol. The van der Waals surface area contributed by atoms with E-state index in [4.69, 9.17) is 10.5 Å². The zero-order valence-electron chi connectivity index (χ0n) is 6.92. The molecule has 0 aliphatic carbocycles. The van der Waals surface area contributed by atoms with Gasteiger partial charge in [-0.2, -0.15) is 0 Å². The molecule has 0 bridgehead atoms. The van der Waals surface area contributed by atoms with Gasteiger partial charge in [-0.1, -0.05) is 0 Å². The Balaban J connectivity index is 2.63. The number of nitrogens with two attached hydrogens (primary N) is 1. The standard InChI is InChI=1S/C7H15NO4/c1-3-5(9)7(11)6(10)4(2-8)12-3/h3-7,9-11H,2,8H2,1H3/t3-,4+,5+,6+,7+/m1/s1. The van der Waals surface area contributed by atoms with Crippen LogP contribution in [0.3, 0.4) is 0 Å². The molecule has 1 aliphatic heterocycles. The van der Waals surface area contributed by atoms with Gasteiger partial charge >= 0.3 is 0 Å². The first-order valence-electron chi connectivity index (χ1n) is 3.97. The van der Waals surface area contributed by atoms with E-state index in [0.29, 0.717) is 0 Å². The van der Waals surface area contributed by atoms with E-state index in [9.17, 15) is 15.3 Å². The highest BCUT2D eigenvalue weighted by Crippen LogP contribution is 2.19. The van der Waals surface area contributed by atoms with Crippen LogP contribution in [0.1, 0.15) is 6.92 Å². The van der Waals surface area contributed by atoms with Crippen molar-refractivity contribution < 1.29 is 20.1 Å². The molecule has 5 nitrogen and oxygen atoms in total. The number of hydrogen-bond donors (Lipinski definition) is 4. The van der Waals surface area contributed by atoms with E-state index in [2.05, 4.69) is 0 Å². The van der Waals surface area contributed by atoms with Gasteiger partial charge in [0.1, 0.15) is 18.3 Å². The first-order chi connectivity index (χ1) is 5.57. The van der Waals surface area contributed by atoms with Gasteiger partial charge in [-0.25, -0.2) is 0 Å². The summed E-state index contributed by atoms with van der Waals surface area (Å²) in [5.74, 6) is 0. The van der Waals surface area contributed by atoms with E-state index >= 15 is 0 Å². The quantitative estimate of drug-likeness (QED) is 0.365. The molecule has 1 rings (SSSR count). The fraction of sp³-hybridized carbons (Fsp3) is 1.00. The lowest BCUT2D eigenvalue weighted by Crippen LogP contribution is -2.58. The van der Waals surface area contributed by atoms with Gasteiger partial charge in [-0.15, -0.1) is 0 Å². The molecule has 0 spiro atoms. The molecule has 0 amide bonds. The van der Waals surface area contributed by atoms with E-state index in [0.717, 1.165) is 0 Å². The first-order valence-corrected chi connectivity index (χ1v) is 3.97. The Kier molecular flexibility index (Phi) is 3.03. The minimum atomic E-state index is -1.16. The predicted molar refractivity (Wildman–Crippen MR) is 41.4 cm³/mol. The summed E-state index contributed by atoms with van der Waals surface area (Å²) in [4.78, 5) is 0. The van der Waals surface area contributed by atoms with Gasteiger partial charge in [0.15, 0.2) is 0 Å². The molecule has 1 aliphatic rings. The Hall–Kier alpha value is -0.200. The predicted octanol–water partition coefficient (Wildman–Crippen LogP) is -2.18. The number of hydrogen-bond acceptors (Lipinski definition) is 5. The van der Waals surface area contributed by atoms with E-state index in [1.54, 1.807) is 6.92 Å². The second kappa shape index (κ2) is 3.68. The Labute approximate surface area is 70.8 Å². The van der Waals surface area contributed by atoms with Gasteiger partial charge in [0.2, 0.25) is 0 Å². The van der Waals surface area contributed by atoms with Crippen LogP contribution in [0.4, 0.5) is 0 Å². The van der Waals surface area contributed by atoms with Crippen molar-refractivity contribution in [2.45, 2.75) is 37.4 Å². The minimum Gasteiger partial charge on any atom is -0.388 e. The third-order valence-electron chi connectivity index (χ3n) is 2.18. The van der Waals surface area contributed by atoms with Crippen molar-refractivity contribution in [3.05, 3.63) is 0 Å². The number of rotatable bonds is 1. The van der Waals surface area contributed by atoms with Crippen LogP contribution in [0, 0.1) is 0 Å². The summed E-state index contributed by atoms with van der Waals surface area (Å²) >= 11 is 0. The maximum atomic E-state index is 9.31. The molecule has 0 radical (unpaired) electrons. The van der Waals surface area contributed by atoms with Crippen LogP contribution >= 0.6 is 0 Å². The van der Waals surface area contributed by atoms with Crippen LogP contribution < -0.4 is 5.73 Å². The molecule has 0 saturated carbocycles. The van der Waals surface area contributed by atoms with Gasteiger partial charge in [0, 0.05) is 6.54 Å². The molecule has 1 heterocycles. The highest BCUT2D eigenvalue weighted by atomic mass is 16.5. The maximum Gasteiger partial charge on any atom is 0.111 e. The Bertz CT molecular complexity index is 150. The summed E-state index contributed by atoms with van der Waals surface area (Å²) in [6.45, 7) is 1.76. The van der Waals surface area contributed by atoms with Crippen molar-refractivity contribution in [1.29, 1.82) is 0 Å². The molecular formula is C7H15NO4. The molecule has 5 atom stereocenters. The fourth-order valence-corrected chi connectivity index (χ4v) is 1.33. The summed E-state index contributed by atoms with van der Waals surface area (Å²) in [6, 6.07) is 0. The van der Waals surface area contributed by atoms with Crippen LogP contribution in [-0.2, 0) is 4.74 Å². The van der Waals surface area contributed by atoms with Crippen molar-refractivity contribution in [2.24, 2.45) is 5.73 Å². The third-order valence-corrected chi connectivity index (χ3v) is 2.18. The first kappa shape index (κ1) is 9.88. The SMILES string of the molecule is C[C@H]1O[C@@H](CN)[C@H](O)[C@@H](O)[C@H]1O. The van der Waals surface area contributed by atoms with Crippen molar-refractivity contribution in [3.8, 4) is 0 Å². The van der Waals surface area contributed by atoms with Gasteiger partial charge in [0.05, 0.1) is 12.2 Å². The summed E-state index contributed by atoms with van der Waals surface area (Å²) in [7, 11) is 0. The maximum absolute atomic E-state index is 9.31. The van der Waals surface area contributed by atoms with Crippen LogP contribution in [0.15, 0.2) is 0 Å². The van der Waals surface area contributed by atoms with Gasteiger partial charge in [-0.05, 0) is 6.92 Å². The Morgan fingerprint density at radius 3 is 2.25 bits per heavy atom. The molecule has 0 aromatic rings. The largest absolute Gasteiger partial charge is 0.388 e. The van der Waals surface area contributed by atoms with Crippen LogP contribution in [0.5, 0.6) is 0 Å². The average Bonchev–Trinajstić information content (AvgIpc) is 2.08. The van der Waals surface area contributed by atoms with Gasteiger partial charge in [-0.3, -0.25) is 0 Å². The van der Waals surface area contributed by atoms with E-state index in [1.165, 1.54) is 0 Å². The number of ether oxygens (including phenoxy) is 1. The van der Waals surface area contributed by atoms with Crippen LogP contribution in [0.25, 0.3) is 0 Å². The van der Waals surface area contributed by atoms with Gasteiger partial charge < -0.3 is 25.8 Å². The lowest BCUT2D eigenvalue weighted by atomic mass is 9.96. The van der Waals surface area contributed by atoms with Gasteiger partial charge in [0.25, 0.3) is 0 Å². The van der Waals surface area contributed by atoms with Crippen molar-refractivity contribution in [2.75, 3.05) is 6.54 Å². The Morgan fingerprint density at radius 2 is 1.75 bits per heavy atom. The molecule has 1 fully saturated rings. The van der Waals surface area contributed by atoms with Crippen molar-refractivity contribution in [1.82, 2.24) is 0 Å². The summed E-state index contributed by atoms with van der Waals surface area (Å²) in [6.07, 6.45) is -4.37. The molecule has 0 unspecified atom stereocenters. The third kappa shape index (κ3) is 1.60. The van der Waals surface area contributed by atoms with E-state index in [-0.39, 0.29) is 6.54 Å². The van der Waals surface area contributed by atoms with E-state index in [1.807, 2.05) is 0 Å². The molecule has 1 saturated heterocycles. The van der Waals surface area contributed by atoms with Crippen molar-refractivity contribution in [3.63, 3.8) is 0 Å². The summed E-state index contributed by atoms with van der Waals surface area (Å²) in [5, 5.41) is 27.8. The lowest BCUT2D eigenvalue weighted by molar-refractivity contribution is -0.213. The van der Waals surface area contributed by atoms with Crippen LogP contribution in [0.2, 0.25) is 0 Å². The molecule has 5 N–H and O–H groups in total. The second-order valence-electron chi connectivity index (χ2n) is 3.09. The average molecular weight is 177 g/mol. The smallest absolute Gasteiger partial charge is 0.111 e. The molecule has 12 heavy (non-hydrogen) atoms. The topological polar surface area (TPSA) is 95.9 Å². The Morgan fingerprint density at radius 1 is 1.17 bits per heavy atom.